The van der Waals surface area contributed by atoms with Crippen LogP contribution in [0.1, 0.15) is 39.5 Å². The maximum Gasteiger partial charge on any atom is 0.308 e. The van der Waals surface area contributed by atoms with Crippen molar-refractivity contribution < 1.29 is 14.3 Å². The molecular formula is C14H27ClN2O3. The van der Waals surface area contributed by atoms with Crippen LogP contribution in [0.5, 0.6) is 0 Å². The fourth-order valence-corrected chi connectivity index (χ4v) is 2.48. The van der Waals surface area contributed by atoms with Crippen LogP contribution in [-0.2, 0) is 14.3 Å². The Balaban J connectivity index is 0.00000361. The van der Waals surface area contributed by atoms with E-state index in [1.54, 1.807) is 0 Å². The second-order valence-corrected chi connectivity index (χ2v) is 5.27. The van der Waals surface area contributed by atoms with Crippen LogP contribution in [0, 0.1) is 11.8 Å². The molecule has 0 heterocycles. The van der Waals surface area contributed by atoms with Gasteiger partial charge < -0.3 is 15.4 Å². The lowest BCUT2D eigenvalue weighted by Crippen LogP contribution is -2.43. The van der Waals surface area contributed by atoms with Crippen molar-refractivity contribution in [2.45, 2.75) is 45.6 Å². The highest BCUT2D eigenvalue weighted by atomic mass is 35.5. The lowest BCUT2D eigenvalue weighted by Gasteiger charge is -2.28. The zero-order valence-corrected chi connectivity index (χ0v) is 13.4. The molecule has 1 rings (SSSR count). The van der Waals surface area contributed by atoms with Gasteiger partial charge in [0.05, 0.1) is 12.5 Å². The number of hydrogen-bond donors (Lipinski definition) is 2. The summed E-state index contributed by atoms with van der Waals surface area (Å²) in [6.07, 6.45) is 3.34. The molecule has 0 bridgehead atoms. The minimum atomic E-state index is -0.0872. The molecule has 2 N–H and O–H groups in total. The molecule has 0 aromatic carbocycles. The first-order chi connectivity index (χ1) is 9.08. The van der Waals surface area contributed by atoms with Crippen molar-refractivity contribution >= 4 is 24.3 Å². The minimum Gasteiger partial charge on any atom is -0.466 e. The molecular weight excluding hydrogens is 280 g/mol. The van der Waals surface area contributed by atoms with E-state index in [0.29, 0.717) is 13.2 Å². The number of amides is 1. The van der Waals surface area contributed by atoms with Gasteiger partial charge in [-0.1, -0.05) is 6.92 Å². The summed E-state index contributed by atoms with van der Waals surface area (Å²) in [4.78, 5) is 23.5. The molecule has 1 fully saturated rings. The van der Waals surface area contributed by atoms with E-state index in [9.17, 15) is 9.59 Å². The Morgan fingerprint density at radius 1 is 1.25 bits per heavy atom. The Bertz CT molecular complexity index is 305. The van der Waals surface area contributed by atoms with Gasteiger partial charge in [-0.2, -0.15) is 0 Å². The molecule has 1 unspecified atom stereocenters. The van der Waals surface area contributed by atoms with E-state index in [2.05, 4.69) is 10.6 Å². The lowest BCUT2D eigenvalue weighted by atomic mass is 9.86. The number of hydrogen-bond acceptors (Lipinski definition) is 4. The van der Waals surface area contributed by atoms with Gasteiger partial charge in [-0.3, -0.25) is 9.59 Å². The Hall–Kier alpha value is -0.810. The molecule has 1 amide bonds. The Kier molecular flexibility index (Phi) is 9.59. The van der Waals surface area contributed by atoms with E-state index in [1.807, 2.05) is 20.9 Å². The molecule has 5 nitrogen and oxygen atoms in total. The lowest BCUT2D eigenvalue weighted by molar-refractivity contribution is -0.149. The third-order valence-corrected chi connectivity index (χ3v) is 3.65. The van der Waals surface area contributed by atoms with Gasteiger partial charge in [0.15, 0.2) is 0 Å². The van der Waals surface area contributed by atoms with Crippen LogP contribution in [-0.4, -0.2) is 38.1 Å². The third-order valence-electron chi connectivity index (χ3n) is 3.65. The van der Waals surface area contributed by atoms with Gasteiger partial charge in [0.1, 0.15) is 0 Å². The predicted molar refractivity (Wildman–Crippen MR) is 80.9 cm³/mol. The second kappa shape index (κ2) is 10.00. The van der Waals surface area contributed by atoms with Gasteiger partial charge in [0.25, 0.3) is 0 Å². The second-order valence-electron chi connectivity index (χ2n) is 5.27. The smallest absolute Gasteiger partial charge is 0.308 e. The van der Waals surface area contributed by atoms with Gasteiger partial charge in [-0.25, -0.2) is 0 Å². The first-order valence-electron chi connectivity index (χ1n) is 7.20. The van der Waals surface area contributed by atoms with Crippen LogP contribution in [0.2, 0.25) is 0 Å². The maximum absolute atomic E-state index is 11.9. The molecule has 1 atom stereocenters. The summed E-state index contributed by atoms with van der Waals surface area (Å²) in [5.41, 5.74) is 0. The van der Waals surface area contributed by atoms with Gasteiger partial charge in [0, 0.05) is 18.5 Å². The first kappa shape index (κ1) is 19.2. The normalized spacial score (nSPS) is 23.4. The number of esters is 1. The average molecular weight is 307 g/mol. The molecule has 118 valence electrons. The molecule has 6 heteroatoms. The number of halogens is 1. The zero-order valence-electron chi connectivity index (χ0n) is 12.6. The Morgan fingerprint density at radius 3 is 2.35 bits per heavy atom. The summed E-state index contributed by atoms with van der Waals surface area (Å²) >= 11 is 0. The van der Waals surface area contributed by atoms with Crippen LogP contribution in [0.4, 0.5) is 0 Å². The van der Waals surface area contributed by atoms with E-state index in [-0.39, 0.29) is 42.2 Å². The number of carbonyl (C=O) groups is 2. The van der Waals surface area contributed by atoms with Crippen molar-refractivity contribution in [2.24, 2.45) is 11.8 Å². The summed E-state index contributed by atoms with van der Waals surface area (Å²) < 4.78 is 5.03. The fraction of sp³-hybridized carbons (Fsp3) is 0.857. The fourth-order valence-electron chi connectivity index (χ4n) is 2.48. The Labute approximate surface area is 127 Å². The molecule has 0 saturated heterocycles. The monoisotopic (exact) mass is 306 g/mol. The summed E-state index contributed by atoms with van der Waals surface area (Å²) in [7, 11) is 1.84. The van der Waals surface area contributed by atoms with Crippen molar-refractivity contribution in [1.82, 2.24) is 10.6 Å². The molecule has 0 aromatic heterocycles. The molecule has 0 spiro atoms. The minimum absolute atomic E-state index is 0. The van der Waals surface area contributed by atoms with Gasteiger partial charge in [-0.15, -0.1) is 12.4 Å². The highest BCUT2D eigenvalue weighted by Gasteiger charge is 2.28. The van der Waals surface area contributed by atoms with Crippen molar-refractivity contribution in [2.75, 3.05) is 20.2 Å². The molecule has 0 aromatic rings. The van der Waals surface area contributed by atoms with E-state index in [4.69, 9.17) is 4.74 Å². The summed E-state index contributed by atoms with van der Waals surface area (Å²) in [5.74, 6) is 0.000349. The number of carbonyl (C=O) groups excluding carboxylic acids is 2. The molecule has 20 heavy (non-hydrogen) atoms. The van der Waals surface area contributed by atoms with Crippen LogP contribution in [0.15, 0.2) is 0 Å². The zero-order chi connectivity index (χ0) is 14.3. The number of rotatable bonds is 6. The van der Waals surface area contributed by atoms with Gasteiger partial charge in [0.2, 0.25) is 5.91 Å². The molecule has 1 aliphatic rings. The SMILES string of the molecule is CCOC(=O)C1CCC(NC(=O)C(C)CNC)CC1.Cl. The van der Waals surface area contributed by atoms with Crippen molar-refractivity contribution in [1.29, 1.82) is 0 Å². The molecule has 1 saturated carbocycles. The molecule has 0 radical (unpaired) electrons. The average Bonchev–Trinajstić information content (AvgIpc) is 2.40. The highest BCUT2D eigenvalue weighted by molar-refractivity contribution is 5.85. The molecule has 1 aliphatic carbocycles. The number of ether oxygens (including phenoxy) is 1. The quantitative estimate of drug-likeness (QED) is 0.730. The van der Waals surface area contributed by atoms with E-state index in [1.165, 1.54) is 0 Å². The van der Waals surface area contributed by atoms with Crippen LogP contribution in [0.3, 0.4) is 0 Å². The largest absolute Gasteiger partial charge is 0.466 e. The topological polar surface area (TPSA) is 67.4 Å². The Morgan fingerprint density at radius 2 is 1.85 bits per heavy atom. The summed E-state index contributed by atoms with van der Waals surface area (Å²) in [5, 5.41) is 6.06. The maximum atomic E-state index is 11.9. The number of nitrogens with one attached hydrogen (secondary N) is 2. The van der Waals surface area contributed by atoms with E-state index in [0.717, 1.165) is 25.7 Å². The van der Waals surface area contributed by atoms with E-state index < -0.39 is 0 Å². The van der Waals surface area contributed by atoms with Crippen LogP contribution >= 0.6 is 12.4 Å². The summed E-state index contributed by atoms with van der Waals surface area (Å²) in [6, 6.07) is 0.206. The van der Waals surface area contributed by atoms with Crippen LogP contribution in [0.25, 0.3) is 0 Å². The first-order valence-corrected chi connectivity index (χ1v) is 7.20. The van der Waals surface area contributed by atoms with Gasteiger partial charge in [-0.05, 0) is 39.7 Å². The van der Waals surface area contributed by atoms with E-state index >= 15 is 0 Å². The molecule has 0 aliphatic heterocycles. The summed E-state index contributed by atoms with van der Waals surface area (Å²) in [6.45, 7) is 4.87. The van der Waals surface area contributed by atoms with Crippen molar-refractivity contribution in [3.05, 3.63) is 0 Å². The third kappa shape index (κ3) is 6.09. The van der Waals surface area contributed by atoms with Crippen LogP contribution < -0.4 is 10.6 Å². The predicted octanol–water partition coefficient (Wildman–Crippen LogP) is 1.50. The standard InChI is InChI=1S/C14H26N2O3.ClH/c1-4-19-14(18)11-5-7-12(8-6-11)16-13(17)10(2)9-15-3;/h10-12,15H,4-9H2,1-3H3,(H,16,17);1H. The van der Waals surface area contributed by atoms with Gasteiger partial charge >= 0.3 is 5.97 Å². The highest BCUT2D eigenvalue weighted by Crippen LogP contribution is 2.25. The van der Waals surface area contributed by atoms with Crippen molar-refractivity contribution in [3.8, 4) is 0 Å². The van der Waals surface area contributed by atoms with Crippen molar-refractivity contribution in [3.63, 3.8) is 0 Å².